The van der Waals surface area contributed by atoms with Crippen molar-refractivity contribution in [3.63, 3.8) is 0 Å². The van der Waals surface area contributed by atoms with Crippen molar-refractivity contribution >= 4 is 17.9 Å². The fourth-order valence-electron chi connectivity index (χ4n) is 9.71. The summed E-state index contributed by atoms with van der Waals surface area (Å²) in [5, 5.41) is 0. The third kappa shape index (κ3) is 60.4. The predicted molar refractivity (Wildman–Crippen MR) is 316 cm³/mol. The van der Waals surface area contributed by atoms with Crippen LogP contribution in [0, 0.1) is 0 Å². The average molecular weight is 1030 g/mol. The lowest BCUT2D eigenvalue weighted by Gasteiger charge is -2.18. The molecular formula is C67H124O6. The number of hydrogen-bond acceptors (Lipinski definition) is 6. The lowest BCUT2D eigenvalue weighted by Crippen LogP contribution is -2.30. The van der Waals surface area contributed by atoms with E-state index in [0.717, 1.165) is 77.0 Å². The fraction of sp³-hybridized carbons (Fsp3) is 0.866. The SMILES string of the molecule is CCCCCC/C=C\C/C=C\CCCCCCCC(=O)OC(COC(=O)CCCCCCCCCC)COC(=O)CCCCCCCCCCCCCCCCCCCCC/C=C\CCCCCCCCCC. The molecule has 0 heterocycles. The molecule has 0 spiro atoms. The Kier molecular flexibility index (Phi) is 60.2. The van der Waals surface area contributed by atoms with Gasteiger partial charge in [-0.1, -0.05) is 295 Å². The summed E-state index contributed by atoms with van der Waals surface area (Å²) >= 11 is 0. The van der Waals surface area contributed by atoms with Gasteiger partial charge in [-0.15, -0.1) is 0 Å². The highest BCUT2D eigenvalue weighted by Gasteiger charge is 2.19. The number of unbranched alkanes of at least 4 members (excludes halogenated alkanes) is 43. The standard InChI is InChI=1S/C67H124O6/c1-4-7-10-13-16-19-21-23-25-27-28-29-30-31-32-33-34-35-36-37-38-39-40-41-43-44-46-48-51-54-57-60-66(69)72-63-64(62-71-65(68)59-56-53-50-18-15-12-9-6-3)73-67(70)61-58-55-52-49-47-45-42-26-24-22-20-17-14-11-8-5-2/h20,22,26-28,42,64H,4-19,21,23-25,29-41,43-63H2,1-3H3/b22-20-,28-27-,42-26-. The van der Waals surface area contributed by atoms with Crippen LogP contribution in [0.5, 0.6) is 0 Å². The van der Waals surface area contributed by atoms with Gasteiger partial charge >= 0.3 is 17.9 Å². The molecule has 1 atom stereocenters. The van der Waals surface area contributed by atoms with Crippen molar-refractivity contribution in [2.24, 2.45) is 0 Å². The fourth-order valence-corrected chi connectivity index (χ4v) is 9.71. The van der Waals surface area contributed by atoms with E-state index in [0.29, 0.717) is 19.3 Å². The van der Waals surface area contributed by atoms with E-state index >= 15 is 0 Å². The van der Waals surface area contributed by atoms with Gasteiger partial charge in [0, 0.05) is 19.3 Å². The molecule has 0 aliphatic rings. The Labute approximate surface area is 455 Å². The molecule has 0 amide bonds. The van der Waals surface area contributed by atoms with Gasteiger partial charge in [0.15, 0.2) is 6.10 Å². The van der Waals surface area contributed by atoms with E-state index in [9.17, 15) is 14.4 Å². The zero-order chi connectivity index (χ0) is 52.9. The van der Waals surface area contributed by atoms with E-state index < -0.39 is 6.10 Å². The molecule has 0 aliphatic carbocycles. The van der Waals surface area contributed by atoms with Crippen LogP contribution < -0.4 is 0 Å². The molecule has 6 heteroatoms. The Morgan fingerprint density at radius 3 is 0.781 bits per heavy atom. The van der Waals surface area contributed by atoms with Crippen molar-refractivity contribution in [2.75, 3.05) is 13.2 Å². The van der Waals surface area contributed by atoms with Gasteiger partial charge in [-0.25, -0.2) is 0 Å². The lowest BCUT2D eigenvalue weighted by molar-refractivity contribution is -0.167. The molecule has 0 saturated heterocycles. The van der Waals surface area contributed by atoms with Crippen LogP contribution in [0.2, 0.25) is 0 Å². The largest absolute Gasteiger partial charge is 0.462 e. The Morgan fingerprint density at radius 2 is 0.493 bits per heavy atom. The smallest absolute Gasteiger partial charge is 0.306 e. The van der Waals surface area contributed by atoms with E-state index in [1.54, 1.807) is 0 Å². The molecule has 0 bridgehead atoms. The molecule has 0 N–H and O–H groups in total. The van der Waals surface area contributed by atoms with E-state index in [2.05, 4.69) is 57.2 Å². The van der Waals surface area contributed by atoms with Crippen LogP contribution in [0.4, 0.5) is 0 Å². The Bertz CT molecular complexity index is 1220. The summed E-state index contributed by atoms with van der Waals surface area (Å²) in [7, 11) is 0. The van der Waals surface area contributed by atoms with Crippen molar-refractivity contribution in [2.45, 2.75) is 361 Å². The highest BCUT2D eigenvalue weighted by atomic mass is 16.6. The molecule has 0 rings (SSSR count). The molecule has 0 radical (unpaired) electrons. The lowest BCUT2D eigenvalue weighted by atomic mass is 10.0. The highest BCUT2D eigenvalue weighted by molar-refractivity contribution is 5.71. The van der Waals surface area contributed by atoms with Crippen LogP contribution in [0.15, 0.2) is 36.5 Å². The minimum atomic E-state index is -0.775. The molecule has 0 aromatic carbocycles. The van der Waals surface area contributed by atoms with E-state index in [4.69, 9.17) is 14.2 Å². The first-order chi connectivity index (χ1) is 36.0. The predicted octanol–water partition coefficient (Wildman–Crippen LogP) is 22.0. The van der Waals surface area contributed by atoms with E-state index in [1.807, 2.05) is 0 Å². The van der Waals surface area contributed by atoms with Gasteiger partial charge in [-0.2, -0.15) is 0 Å². The number of esters is 3. The zero-order valence-corrected chi connectivity index (χ0v) is 49.2. The number of carbonyl (C=O) groups is 3. The van der Waals surface area contributed by atoms with Crippen molar-refractivity contribution in [3.8, 4) is 0 Å². The molecule has 0 fully saturated rings. The van der Waals surface area contributed by atoms with Gasteiger partial charge < -0.3 is 14.2 Å². The first-order valence-electron chi connectivity index (χ1n) is 32.5. The maximum Gasteiger partial charge on any atom is 0.306 e. The third-order valence-corrected chi connectivity index (χ3v) is 14.6. The Hall–Kier alpha value is -2.37. The maximum absolute atomic E-state index is 12.8. The number of rotatable bonds is 60. The van der Waals surface area contributed by atoms with E-state index in [-0.39, 0.29) is 31.1 Å². The van der Waals surface area contributed by atoms with E-state index in [1.165, 1.54) is 238 Å². The monoisotopic (exact) mass is 1020 g/mol. The second-order valence-corrected chi connectivity index (χ2v) is 22.0. The number of hydrogen-bond donors (Lipinski definition) is 0. The summed E-state index contributed by atoms with van der Waals surface area (Å²) in [6, 6.07) is 0. The first-order valence-corrected chi connectivity index (χ1v) is 32.5. The third-order valence-electron chi connectivity index (χ3n) is 14.6. The minimum Gasteiger partial charge on any atom is -0.462 e. The highest BCUT2D eigenvalue weighted by Crippen LogP contribution is 2.17. The Morgan fingerprint density at radius 1 is 0.274 bits per heavy atom. The molecule has 0 aliphatic heterocycles. The summed E-state index contributed by atoms with van der Waals surface area (Å²) in [6.45, 7) is 6.63. The number of allylic oxidation sites excluding steroid dienone is 6. The van der Waals surface area contributed by atoms with Gasteiger partial charge in [0.05, 0.1) is 0 Å². The van der Waals surface area contributed by atoms with Gasteiger partial charge in [-0.3, -0.25) is 14.4 Å². The second-order valence-electron chi connectivity index (χ2n) is 22.0. The van der Waals surface area contributed by atoms with Crippen LogP contribution in [0.3, 0.4) is 0 Å². The van der Waals surface area contributed by atoms with Crippen molar-refractivity contribution < 1.29 is 28.6 Å². The molecule has 0 aromatic heterocycles. The van der Waals surface area contributed by atoms with Crippen molar-refractivity contribution in [1.82, 2.24) is 0 Å². The quantitative estimate of drug-likeness (QED) is 0.0261. The van der Waals surface area contributed by atoms with Gasteiger partial charge in [0.25, 0.3) is 0 Å². The topological polar surface area (TPSA) is 78.9 Å². The zero-order valence-electron chi connectivity index (χ0n) is 49.2. The van der Waals surface area contributed by atoms with Crippen LogP contribution >= 0.6 is 0 Å². The molecule has 1 unspecified atom stereocenters. The average Bonchev–Trinajstić information content (AvgIpc) is 3.39. The minimum absolute atomic E-state index is 0.0735. The molecule has 6 nitrogen and oxygen atoms in total. The van der Waals surface area contributed by atoms with Crippen LogP contribution in [-0.4, -0.2) is 37.2 Å². The number of carbonyl (C=O) groups excluding carboxylic acids is 3. The van der Waals surface area contributed by atoms with Crippen LogP contribution in [-0.2, 0) is 28.6 Å². The van der Waals surface area contributed by atoms with Gasteiger partial charge in [0.2, 0.25) is 0 Å². The molecule has 0 aromatic rings. The summed E-state index contributed by atoms with van der Waals surface area (Å²) in [4.78, 5) is 38.1. The van der Waals surface area contributed by atoms with Gasteiger partial charge in [0.1, 0.15) is 13.2 Å². The molecule has 73 heavy (non-hydrogen) atoms. The normalized spacial score (nSPS) is 12.2. The number of ether oxygens (including phenoxy) is 3. The molecule has 0 saturated carbocycles. The maximum atomic E-state index is 12.8. The summed E-state index contributed by atoms with van der Waals surface area (Å²) in [6.07, 6.45) is 76.2. The van der Waals surface area contributed by atoms with Crippen LogP contribution in [0.1, 0.15) is 355 Å². The van der Waals surface area contributed by atoms with Crippen molar-refractivity contribution in [3.05, 3.63) is 36.5 Å². The summed E-state index contributed by atoms with van der Waals surface area (Å²) < 4.78 is 16.8. The summed E-state index contributed by atoms with van der Waals surface area (Å²) in [5.74, 6) is -0.872. The van der Waals surface area contributed by atoms with Gasteiger partial charge in [-0.05, 0) is 77.0 Å². The summed E-state index contributed by atoms with van der Waals surface area (Å²) in [5.41, 5.74) is 0. The van der Waals surface area contributed by atoms with Crippen molar-refractivity contribution in [1.29, 1.82) is 0 Å². The Balaban J connectivity index is 4.03. The molecule has 428 valence electrons. The second kappa shape index (κ2) is 62.2. The molecular weight excluding hydrogens is 901 g/mol. The van der Waals surface area contributed by atoms with Crippen LogP contribution in [0.25, 0.3) is 0 Å². The first kappa shape index (κ1) is 70.6.